The highest BCUT2D eigenvalue weighted by Gasteiger charge is 2.25. The summed E-state index contributed by atoms with van der Waals surface area (Å²) in [5, 5.41) is 5.22. The fourth-order valence-electron chi connectivity index (χ4n) is 2.90. The van der Waals surface area contributed by atoms with Crippen LogP contribution in [-0.2, 0) is 19.6 Å². The Labute approximate surface area is 155 Å². The molecule has 0 atom stereocenters. The lowest BCUT2D eigenvalue weighted by Gasteiger charge is -2.30. The average Bonchev–Trinajstić information content (AvgIpc) is 2.59. The van der Waals surface area contributed by atoms with Crippen molar-refractivity contribution in [2.75, 3.05) is 31.2 Å². The minimum absolute atomic E-state index is 0.176. The summed E-state index contributed by atoms with van der Waals surface area (Å²) in [6, 6.07) is 7.41. The molecule has 0 saturated carbocycles. The van der Waals surface area contributed by atoms with Gasteiger partial charge in [0.2, 0.25) is 10.0 Å². The monoisotopic (exact) mass is 381 g/mol. The van der Waals surface area contributed by atoms with Crippen molar-refractivity contribution in [1.82, 2.24) is 9.62 Å². The quantitative estimate of drug-likeness (QED) is 0.756. The van der Waals surface area contributed by atoms with E-state index in [0.29, 0.717) is 44.1 Å². The van der Waals surface area contributed by atoms with Crippen LogP contribution < -0.4 is 10.6 Å². The molecule has 0 unspecified atom stereocenters. The second-order valence-corrected chi connectivity index (χ2v) is 9.03. The van der Waals surface area contributed by atoms with Gasteiger partial charge in [-0.25, -0.2) is 12.7 Å². The van der Waals surface area contributed by atoms with Gasteiger partial charge in [-0.3, -0.25) is 9.59 Å². The third-order valence-corrected chi connectivity index (χ3v) is 5.94. The molecule has 26 heavy (non-hydrogen) atoms. The number of carbonyl (C=O) groups excluding carboxylic acids is 2. The molecule has 0 radical (unpaired) electrons. The Morgan fingerprint density at radius 3 is 2.19 bits per heavy atom. The van der Waals surface area contributed by atoms with Gasteiger partial charge >= 0.3 is 11.8 Å². The van der Waals surface area contributed by atoms with E-state index in [9.17, 15) is 18.0 Å². The Morgan fingerprint density at radius 1 is 1.12 bits per heavy atom. The minimum Gasteiger partial charge on any atom is -0.348 e. The van der Waals surface area contributed by atoms with Crippen molar-refractivity contribution in [2.45, 2.75) is 32.6 Å². The predicted octanol–water partition coefficient (Wildman–Crippen LogP) is 1.54. The number of nitrogens with zero attached hydrogens (tertiary/aromatic N) is 1. The normalized spacial score (nSPS) is 16.5. The van der Waals surface area contributed by atoms with Crippen LogP contribution in [0.3, 0.4) is 0 Å². The van der Waals surface area contributed by atoms with E-state index in [0.717, 1.165) is 5.56 Å². The van der Waals surface area contributed by atoms with Gasteiger partial charge < -0.3 is 10.6 Å². The van der Waals surface area contributed by atoms with Gasteiger partial charge in [0.05, 0.1) is 6.26 Å². The van der Waals surface area contributed by atoms with E-state index in [1.54, 1.807) is 12.1 Å². The summed E-state index contributed by atoms with van der Waals surface area (Å²) in [5.74, 6) is -0.799. The van der Waals surface area contributed by atoms with Gasteiger partial charge in [0.25, 0.3) is 0 Å². The van der Waals surface area contributed by atoms with E-state index in [4.69, 9.17) is 0 Å². The molecular weight excluding hydrogens is 354 g/mol. The number of piperidine rings is 1. The van der Waals surface area contributed by atoms with E-state index < -0.39 is 21.8 Å². The van der Waals surface area contributed by atoms with Crippen molar-refractivity contribution in [2.24, 2.45) is 5.92 Å². The molecule has 1 aromatic carbocycles. The van der Waals surface area contributed by atoms with Gasteiger partial charge in [-0.05, 0) is 42.4 Å². The maximum Gasteiger partial charge on any atom is 0.313 e. The van der Waals surface area contributed by atoms with E-state index >= 15 is 0 Å². The first-order valence-electron chi connectivity index (χ1n) is 8.81. The van der Waals surface area contributed by atoms with E-state index in [2.05, 4.69) is 24.5 Å². The molecule has 8 heteroatoms. The molecule has 1 fully saturated rings. The van der Waals surface area contributed by atoms with Crippen molar-refractivity contribution < 1.29 is 18.0 Å². The Hall–Kier alpha value is -1.93. The summed E-state index contributed by atoms with van der Waals surface area (Å²) in [6.07, 6.45) is 2.55. The molecule has 0 aromatic heterocycles. The van der Waals surface area contributed by atoms with E-state index in [1.807, 2.05) is 12.1 Å². The second-order valence-electron chi connectivity index (χ2n) is 7.05. The third-order valence-electron chi connectivity index (χ3n) is 4.64. The van der Waals surface area contributed by atoms with Crippen LogP contribution in [0.5, 0.6) is 0 Å². The van der Waals surface area contributed by atoms with E-state index in [1.165, 1.54) is 10.6 Å². The SMILES string of the molecule is CC(C)c1ccc(NC(=O)C(=O)NCC2CCN(S(C)(=O)=O)CC2)cc1. The van der Waals surface area contributed by atoms with Gasteiger partial charge in [0.15, 0.2) is 0 Å². The summed E-state index contributed by atoms with van der Waals surface area (Å²) in [5.41, 5.74) is 1.74. The lowest BCUT2D eigenvalue weighted by Crippen LogP contribution is -2.43. The summed E-state index contributed by atoms with van der Waals surface area (Å²) in [6.45, 7) is 5.45. The van der Waals surface area contributed by atoms with E-state index in [-0.39, 0.29) is 5.92 Å². The Morgan fingerprint density at radius 2 is 1.69 bits per heavy atom. The molecule has 0 aliphatic carbocycles. The van der Waals surface area contributed by atoms with Crippen LogP contribution in [0.1, 0.15) is 38.2 Å². The van der Waals surface area contributed by atoms with Crippen molar-refractivity contribution >= 4 is 27.5 Å². The summed E-state index contributed by atoms with van der Waals surface area (Å²) in [4.78, 5) is 23.9. The Kier molecular flexibility index (Phi) is 6.77. The number of sulfonamides is 1. The fourth-order valence-corrected chi connectivity index (χ4v) is 3.78. The summed E-state index contributed by atoms with van der Waals surface area (Å²) >= 11 is 0. The largest absolute Gasteiger partial charge is 0.348 e. The highest BCUT2D eigenvalue weighted by Crippen LogP contribution is 2.19. The highest BCUT2D eigenvalue weighted by atomic mass is 32.2. The smallest absolute Gasteiger partial charge is 0.313 e. The molecule has 1 aromatic rings. The number of nitrogens with one attached hydrogen (secondary N) is 2. The molecule has 7 nitrogen and oxygen atoms in total. The Balaban J connectivity index is 1.76. The van der Waals surface area contributed by atoms with Crippen LogP contribution in [0, 0.1) is 5.92 Å². The van der Waals surface area contributed by atoms with Crippen molar-refractivity contribution in [3.63, 3.8) is 0 Å². The summed E-state index contributed by atoms with van der Waals surface area (Å²) in [7, 11) is -3.16. The topological polar surface area (TPSA) is 95.6 Å². The molecule has 144 valence electrons. The van der Waals surface area contributed by atoms with Gasteiger partial charge in [-0.2, -0.15) is 0 Å². The van der Waals surface area contributed by atoms with Crippen molar-refractivity contribution in [3.05, 3.63) is 29.8 Å². The Bertz CT molecular complexity index is 736. The van der Waals surface area contributed by atoms with Crippen molar-refractivity contribution in [1.29, 1.82) is 0 Å². The second kappa shape index (κ2) is 8.64. The first-order valence-corrected chi connectivity index (χ1v) is 10.7. The maximum atomic E-state index is 12.0. The van der Waals surface area contributed by atoms with Gasteiger partial charge in [-0.1, -0.05) is 26.0 Å². The summed E-state index contributed by atoms with van der Waals surface area (Å²) < 4.78 is 24.4. The molecule has 0 bridgehead atoms. The number of amides is 2. The fraction of sp³-hybridized carbons (Fsp3) is 0.556. The number of carbonyl (C=O) groups is 2. The van der Waals surface area contributed by atoms with Gasteiger partial charge in [-0.15, -0.1) is 0 Å². The first-order chi connectivity index (χ1) is 12.2. The maximum absolute atomic E-state index is 12.0. The van der Waals surface area contributed by atoms with Crippen LogP contribution in [0.25, 0.3) is 0 Å². The third kappa shape index (κ3) is 5.81. The highest BCUT2D eigenvalue weighted by molar-refractivity contribution is 7.88. The zero-order chi connectivity index (χ0) is 19.3. The molecule has 1 saturated heterocycles. The van der Waals surface area contributed by atoms with Crippen LogP contribution in [0.2, 0.25) is 0 Å². The zero-order valence-electron chi connectivity index (χ0n) is 15.5. The van der Waals surface area contributed by atoms with Gasteiger partial charge in [0, 0.05) is 25.3 Å². The number of hydrogen-bond acceptors (Lipinski definition) is 4. The molecule has 1 aliphatic rings. The molecule has 1 heterocycles. The number of hydrogen-bond donors (Lipinski definition) is 2. The number of rotatable bonds is 5. The standard InChI is InChI=1S/C18H27N3O4S/c1-13(2)15-4-6-16(7-5-15)20-18(23)17(22)19-12-14-8-10-21(11-9-14)26(3,24)25/h4-7,13-14H,8-12H2,1-3H3,(H,19,22)(H,20,23). The number of anilines is 1. The molecule has 1 aliphatic heterocycles. The van der Waals surface area contributed by atoms with Crippen LogP contribution in [-0.4, -0.2) is 50.4 Å². The lowest BCUT2D eigenvalue weighted by molar-refractivity contribution is -0.136. The number of benzene rings is 1. The van der Waals surface area contributed by atoms with Crippen molar-refractivity contribution in [3.8, 4) is 0 Å². The molecular formula is C18H27N3O4S. The molecule has 2 amide bonds. The van der Waals surface area contributed by atoms with Crippen LogP contribution in [0.15, 0.2) is 24.3 Å². The lowest BCUT2D eigenvalue weighted by atomic mass is 9.98. The average molecular weight is 381 g/mol. The van der Waals surface area contributed by atoms with Crippen LogP contribution in [0.4, 0.5) is 5.69 Å². The minimum atomic E-state index is -3.16. The predicted molar refractivity (Wildman–Crippen MR) is 101 cm³/mol. The van der Waals surface area contributed by atoms with Crippen LogP contribution >= 0.6 is 0 Å². The zero-order valence-corrected chi connectivity index (χ0v) is 16.3. The molecule has 2 N–H and O–H groups in total. The molecule has 2 rings (SSSR count). The first kappa shape index (κ1) is 20.4. The van der Waals surface area contributed by atoms with Gasteiger partial charge in [0.1, 0.15) is 0 Å². The molecule has 0 spiro atoms.